The Morgan fingerprint density at radius 1 is 1.03 bits per heavy atom. The lowest BCUT2D eigenvalue weighted by Crippen LogP contribution is -2.09. The zero-order chi connectivity index (χ0) is 21.7. The molecule has 0 aliphatic rings. The van der Waals surface area contributed by atoms with Gasteiger partial charge in [0.15, 0.2) is 23.9 Å². The van der Waals surface area contributed by atoms with E-state index in [1.807, 2.05) is 0 Å². The van der Waals surface area contributed by atoms with E-state index in [0.29, 0.717) is 11.4 Å². The van der Waals surface area contributed by atoms with Crippen LogP contribution in [0.25, 0.3) is 11.3 Å². The summed E-state index contributed by atoms with van der Waals surface area (Å²) in [5.41, 5.74) is 0.593. The number of methoxy groups -OCH3 is 3. The van der Waals surface area contributed by atoms with Gasteiger partial charge in [0.1, 0.15) is 17.0 Å². The van der Waals surface area contributed by atoms with Gasteiger partial charge in [-0.15, -0.1) is 0 Å². The Balaban J connectivity index is 1.76. The normalized spacial score (nSPS) is 10.4. The Hall–Kier alpha value is -4.08. The molecule has 10 nitrogen and oxygen atoms in total. The van der Waals surface area contributed by atoms with Crippen molar-refractivity contribution in [2.75, 3.05) is 21.3 Å². The monoisotopic (exact) mass is 414 g/mol. The second-order valence-electron chi connectivity index (χ2n) is 5.96. The van der Waals surface area contributed by atoms with Crippen LogP contribution in [0.3, 0.4) is 0 Å². The highest BCUT2D eigenvalue weighted by molar-refractivity contribution is 5.95. The first-order valence-electron chi connectivity index (χ1n) is 8.64. The molecule has 1 aromatic heterocycles. The van der Waals surface area contributed by atoms with E-state index in [0.717, 1.165) is 11.6 Å². The van der Waals surface area contributed by atoms with Crippen LogP contribution in [-0.4, -0.2) is 37.4 Å². The summed E-state index contributed by atoms with van der Waals surface area (Å²) in [6.07, 6.45) is 0. The zero-order valence-corrected chi connectivity index (χ0v) is 16.4. The third-order valence-electron chi connectivity index (χ3n) is 4.21. The first-order valence-corrected chi connectivity index (χ1v) is 8.64. The number of aromatic nitrogens is 1. The minimum absolute atomic E-state index is 0.125. The molecule has 3 aromatic rings. The van der Waals surface area contributed by atoms with Gasteiger partial charge in [-0.1, -0.05) is 5.16 Å². The fourth-order valence-corrected chi connectivity index (χ4v) is 2.68. The van der Waals surface area contributed by atoms with Crippen LogP contribution in [0.2, 0.25) is 0 Å². The molecular weight excluding hydrogens is 396 g/mol. The van der Waals surface area contributed by atoms with Gasteiger partial charge in [-0.2, -0.15) is 0 Å². The predicted octanol–water partition coefficient (Wildman–Crippen LogP) is 3.63. The van der Waals surface area contributed by atoms with Gasteiger partial charge >= 0.3 is 5.97 Å². The summed E-state index contributed by atoms with van der Waals surface area (Å²) < 4.78 is 25.6. The Labute approximate surface area is 171 Å². The molecule has 0 aliphatic carbocycles. The summed E-state index contributed by atoms with van der Waals surface area (Å²) in [5, 5.41) is 15.3. The van der Waals surface area contributed by atoms with Crippen LogP contribution < -0.4 is 14.2 Å². The molecule has 0 N–H and O–H groups in total. The standard InChI is InChI=1S/C20H18N2O8/c1-26-13-6-4-12(5-7-13)16-8-14(30-21-16)11-29-20(23)15-9-18(27-2)19(28-3)10-17(15)22(24)25/h4-10H,11H2,1-3H3. The van der Waals surface area contributed by atoms with Crippen LogP contribution in [0.15, 0.2) is 47.0 Å². The van der Waals surface area contributed by atoms with Crippen LogP contribution in [0.1, 0.15) is 16.1 Å². The maximum absolute atomic E-state index is 12.5. The summed E-state index contributed by atoms with van der Waals surface area (Å²) in [7, 11) is 4.26. The molecule has 0 radical (unpaired) electrons. The molecule has 156 valence electrons. The molecule has 10 heteroatoms. The maximum Gasteiger partial charge on any atom is 0.345 e. The molecule has 0 unspecified atom stereocenters. The summed E-state index contributed by atoms with van der Waals surface area (Å²) in [5.74, 6) is 0.354. The topological polar surface area (TPSA) is 123 Å². The first kappa shape index (κ1) is 20.6. The molecular formula is C20H18N2O8. The average Bonchev–Trinajstić information content (AvgIpc) is 3.25. The van der Waals surface area contributed by atoms with Crippen LogP contribution in [-0.2, 0) is 11.3 Å². The minimum atomic E-state index is -0.912. The van der Waals surface area contributed by atoms with Crippen molar-refractivity contribution in [2.45, 2.75) is 6.61 Å². The maximum atomic E-state index is 12.5. The Bertz CT molecular complexity index is 1060. The largest absolute Gasteiger partial charge is 0.497 e. The smallest absolute Gasteiger partial charge is 0.345 e. The summed E-state index contributed by atoms with van der Waals surface area (Å²) in [6, 6.07) is 11.1. The second kappa shape index (κ2) is 8.95. The van der Waals surface area contributed by atoms with Gasteiger partial charge < -0.3 is 23.5 Å². The number of nitro benzene ring substituents is 1. The summed E-state index contributed by atoms with van der Waals surface area (Å²) in [6.45, 7) is -0.256. The number of benzene rings is 2. The second-order valence-corrected chi connectivity index (χ2v) is 5.96. The Kier molecular flexibility index (Phi) is 6.16. The Morgan fingerprint density at radius 3 is 2.30 bits per heavy atom. The van der Waals surface area contributed by atoms with Crippen LogP contribution in [0, 0.1) is 10.1 Å². The van der Waals surface area contributed by atoms with E-state index >= 15 is 0 Å². The van der Waals surface area contributed by atoms with E-state index in [4.69, 9.17) is 23.5 Å². The Morgan fingerprint density at radius 2 is 1.70 bits per heavy atom. The van der Waals surface area contributed by atoms with Crippen molar-refractivity contribution < 1.29 is 33.2 Å². The summed E-state index contributed by atoms with van der Waals surface area (Å²) >= 11 is 0. The molecule has 3 rings (SSSR count). The number of carbonyl (C=O) groups excluding carboxylic acids is 1. The number of hydrogen-bond donors (Lipinski definition) is 0. The molecule has 0 spiro atoms. The molecule has 0 bridgehead atoms. The molecule has 0 saturated carbocycles. The average molecular weight is 414 g/mol. The van der Waals surface area contributed by atoms with Gasteiger partial charge in [-0.25, -0.2) is 4.79 Å². The van der Waals surface area contributed by atoms with E-state index in [9.17, 15) is 14.9 Å². The van der Waals surface area contributed by atoms with Gasteiger partial charge in [0.25, 0.3) is 5.69 Å². The predicted molar refractivity (Wildman–Crippen MR) is 104 cm³/mol. The van der Waals surface area contributed by atoms with Crippen LogP contribution in [0.4, 0.5) is 5.69 Å². The van der Waals surface area contributed by atoms with Gasteiger partial charge in [0.05, 0.1) is 32.3 Å². The van der Waals surface area contributed by atoms with Crippen molar-refractivity contribution in [2.24, 2.45) is 0 Å². The SMILES string of the molecule is COc1ccc(-c2cc(COC(=O)c3cc(OC)c(OC)cc3[N+](=O)[O-])on2)cc1. The molecule has 30 heavy (non-hydrogen) atoms. The van der Waals surface area contributed by atoms with E-state index in [1.54, 1.807) is 37.4 Å². The first-order chi connectivity index (χ1) is 14.5. The van der Waals surface area contributed by atoms with Gasteiger partial charge in [-0.05, 0) is 24.3 Å². The highest BCUT2D eigenvalue weighted by atomic mass is 16.6. The van der Waals surface area contributed by atoms with Crippen molar-refractivity contribution >= 4 is 11.7 Å². The minimum Gasteiger partial charge on any atom is -0.497 e. The summed E-state index contributed by atoms with van der Waals surface area (Å²) in [4.78, 5) is 23.1. The lowest BCUT2D eigenvalue weighted by Gasteiger charge is -2.10. The number of rotatable bonds is 8. The molecule has 0 aliphatic heterocycles. The fraction of sp³-hybridized carbons (Fsp3) is 0.200. The van der Waals surface area contributed by atoms with Crippen LogP contribution in [0.5, 0.6) is 17.2 Å². The van der Waals surface area contributed by atoms with Gasteiger partial charge in [0, 0.05) is 17.7 Å². The van der Waals surface area contributed by atoms with E-state index < -0.39 is 16.6 Å². The van der Waals surface area contributed by atoms with E-state index in [2.05, 4.69) is 5.16 Å². The number of carbonyl (C=O) groups is 1. The van der Waals surface area contributed by atoms with Crippen molar-refractivity contribution in [3.63, 3.8) is 0 Å². The van der Waals surface area contributed by atoms with Crippen molar-refractivity contribution in [3.05, 3.63) is 63.9 Å². The highest BCUT2D eigenvalue weighted by Crippen LogP contribution is 2.35. The quantitative estimate of drug-likeness (QED) is 0.309. The lowest BCUT2D eigenvalue weighted by molar-refractivity contribution is -0.385. The van der Waals surface area contributed by atoms with Crippen molar-refractivity contribution in [1.82, 2.24) is 5.16 Å². The number of esters is 1. The molecule has 0 saturated heterocycles. The zero-order valence-electron chi connectivity index (χ0n) is 16.4. The number of ether oxygens (including phenoxy) is 4. The number of nitrogens with zero attached hydrogens (tertiary/aromatic N) is 2. The third-order valence-corrected chi connectivity index (χ3v) is 4.21. The van der Waals surface area contributed by atoms with Crippen molar-refractivity contribution in [3.8, 4) is 28.5 Å². The number of hydrogen-bond acceptors (Lipinski definition) is 9. The van der Waals surface area contributed by atoms with E-state index in [1.165, 1.54) is 20.3 Å². The fourth-order valence-electron chi connectivity index (χ4n) is 2.68. The molecule has 1 heterocycles. The van der Waals surface area contributed by atoms with Crippen LogP contribution >= 0.6 is 0 Å². The van der Waals surface area contributed by atoms with Gasteiger partial charge in [-0.3, -0.25) is 10.1 Å². The number of nitro groups is 1. The lowest BCUT2D eigenvalue weighted by atomic mass is 10.1. The molecule has 0 fully saturated rings. The van der Waals surface area contributed by atoms with E-state index in [-0.39, 0.29) is 29.4 Å². The molecule has 2 aromatic carbocycles. The van der Waals surface area contributed by atoms with Crippen molar-refractivity contribution in [1.29, 1.82) is 0 Å². The molecule has 0 atom stereocenters. The third kappa shape index (κ3) is 4.32. The molecule has 0 amide bonds. The van der Waals surface area contributed by atoms with Gasteiger partial charge in [0.2, 0.25) is 0 Å². The highest BCUT2D eigenvalue weighted by Gasteiger charge is 2.26.